The van der Waals surface area contributed by atoms with Gasteiger partial charge in [-0.25, -0.2) is 8.78 Å². The van der Waals surface area contributed by atoms with Gasteiger partial charge in [0.1, 0.15) is 17.4 Å². The van der Waals surface area contributed by atoms with E-state index in [-0.39, 0.29) is 22.7 Å². The molecule has 2 atom stereocenters. The number of hydrogen-bond acceptors (Lipinski definition) is 3. The number of carbonyl (C=O) groups is 2. The van der Waals surface area contributed by atoms with Crippen LogP contribution in [0.5, 0.6) is 0 Å². The second kappa shape index (κ2) is 5.57. The number of benzene rings is 1. The molecule has 0 amide bonds. The van der Waals surface area contributed by atoms with E-state index in [1.807, 2.05) is 0 Å². The van der Waals surface area contributed by atoms with Gasteiger partial charge in [-0.05, 0) is 29.8 Å². The summed E-state index contributed by atoms with van der Waals surface area (Å²) in [6, 6.07) is 5.37. The maximum Gasteiger partial charge on any atom is 0.195 e. The zero-order valence-electron chi connectivity index (χ0n) is 12.6. The zero-order valence-corrected chi connectivity index (χ0v) is 12.6. The lowest BCUT2D eigenvalue weighted by molar-refractivity contribution is -0.122. The number of rotatable bonds is 2. The lowest BCUT2D eigenvalue weighted by atomic mass is 9.78. The first kappa shape index (κ1) is 15.3. The van der Waals surface area contributed by atoms with E-state index in [1.54, 1.807) is 6.92 Å². The van der Waals surface area contributed by atoms with Gasteiger partial charge < -0.3 is 4.74 Å². The maximum absolute atomic E-state index is 13.8. The van der Waals surface area contributed by atoms with Crippen LogP contribution >= 0.6 is 0 Å². The number of Topliss-reactive ketones (excluding diaryl/α,β-unsaturated/α-hetero) is 2. The van der Waals surface area contributed by atoms with E-state index in [2.05, 4.69) is 0 Å². The van der Waals surface area contributed by atoms with Crippen LogP contribution in [-0.2, 0) is 14.3 Å². The molecule has 0 spiro atoms. The number of ketones is 2. The van der Waals surface area contributed by atoms with Gasteiger partial charge in [-0.1, -0.05) is 19.1 Å². The van der Waals surface area contributed by atoms with Crippen LogP contribution in [0.4, 0.5) is 8.78 Å². The highest BCUT2D eigenvalue weighted by molar-refractivity contribution is 6.28. The molecule has 1 aliphatic carbocycles. The van der Waals surface area contributed by atoms with Gasteiger partial charge in [-0.15, -0.1) is 0 Å². The Kier molecular flexibility index (Phi) is 3.72. The maximum atomic E-state index is 13.8. The average Bonchev–Trinajstić information content (AvgIpc) is 2.50. The number of fused-ring (bicyclic) bond motifs is 1. The lowest BCUT2D eigenvalue weighted by Gasteiger charge is -2.32. The van der Waals surface area contributed by atoms with Crippen LogP contribution in [0.3, 0.4) is 0 Å². The first-order valence-electron chi connectivity index (χ1n) is 7.20. The minimum absolute atomic E-state index is 0.000648. The molecule has 23 heavy (non-hydrogen) atoms. The Hall–Kier alpha value is -2.56. The monoisotopic (exact) mass is 316 g/mol. The second-order valence-electron chi connectivity index (χ2n) is 5.62. The van der Waals surface area contributed by atoms with E-state index in [0.717, 1.165) is 6.07 Å². The molecule has 0 radical (unpaired) electrons. The van der Waals surface area contributed by atoms with E-state index < -0.39 is 35.0 Å². The molecule has 5 heteroatoms. The Morgan fingerprint density at radius 1 is 1.22 bits per heavy atom. The van der Waals surface area contributed by atoms with Crippen LogP contribution in [0.2, 0.25) is 0 Å². The number of hydrogen-bond donors (Lipinski definition) is 0. The molecule has 118 valence electrons. The molecule has 0 N–H and O–H groups in total. The summed E-state index contributed by atoms with van der Waals surface area (Å²) >= 11 is 0. The third kappa shape index (κ3) is 2.52. The Morgan fingerprint density at radius 3 is 2.61 bits per heavy atom. The summed E-state index contributed by atoms with van der Waals surface area (Å²) in [5.74, 6) is -3.27. The molecule has 2 unspecified atom stereocenters. The van der Waals surface area contributed by atoms with Crippen molar-refractivity contribution in [3.05, 3.63) is 65.1 Å². The van der Waals surface area contributed by atoms with Crippen molar-refractivity contribution < 1.29 is 23.1 Å². The standard InChI is InChI=1S/C18H14F2O3/c1-9-13(20)6-7-14-15(9)17(22)16(18(23-14)10(2)21)11-4-3-5-12(19)8-11/h3-9,15H,1-2H3. The summed E-state index contributed by atoms with van der Waals surface area (Å²) in [5, 5.41) is 0. The van der Waals surface area contributed by atoms with Gasteiger partial charge in [-0.2, -0.15) is 0 Å². The fourth-order valence-electron chi connectivity index (χ4n) is 2.88. The van der Waals surface area contributed by atoms with Crippen molar-refractivity contribution in [2.45, 2.75) is 13.8 Å². The number of halogens is 2. The van der Waals surface area contributed by atoms with Crippen molar-refractivity contribution in [3.63, 3.8) is 0 Å². The third-order valence-electron chi connectivity index (χ3n) is 4.06. The van der Waals surface area contributed by atoms with Gasteiger partial charge in [-0.3, -0.25) is 9.59 Å². The largest absolute Gasteiger partial charge is 0.456 e. The van der Waals surface area contributed by atoms with Crippen molar-refractivity contribution in [1.29, 1.82) is 0 Å². The predicted octanol–water partition coefficient (Wildman–Crippen LogP) is 3.73. The quantitative estimate of drug-likeness (QED) is 0.835. The number of ether oxygens (including phenoxy) is 1. The summed E-state index contributed by atoms with van der Waals surface area (Å²) in [5.41, 5.74) is 0.252. The van der Waals surface area contributed by atoms with Crippen LogP contribution in [-0.4, -0.2) is 11.6 Å². The molecular formula is C18H14F2O3. The van der Waals surface area contributed by atoms with E-state index in [9.17, 15) is 18.4 Å². The number of allylic oxidation sites excluding steroid dienone is 6. The third-order valence-corrected chi connectivity index (χ3v) is 4.06. The normalized spacial score (nSPS) is 23.7. The Morgan fingerprint density at radius 2 is 1.96 bits per heavy atom. The molecule has 3 nitrogen and oxygen atoms in total. The van der Waals surface area contributed by atoms with Crippen LogP contribution in [0.25, 0.3) is 5.57 Å². The Bertz CT molecular complexity index is 802. The molecule has 0 fully saturated rings. The SMILES string of the molecule is CC(=O)C1=C(c2cccc(F)c2)C(=O)C2C(=CC=C(F)C2C)O1. The van der Waals surface area contributed by atoms with Crippen LogP contribution < -0.4 is 0 Å². The molecule has 2 aliphatic rings. The van der Waals surface area contributed by atoms with Crippen molar-refractivity contribution in [1.82, 2.24) is 0 Å². The minimum Gasteiger partial charge on any atom is -0.456 e. The topological polar surface area (TPSA) is 43.4 Å². The highest BCUT2D eigenvalue weighted by atomic mass is 19.1. The predicted molar refractivity (Wildman–Crippen MR) is 80.0 cm³/mol. The van der Waals surface area contributed by atoms with Gasteiger partial charge in [0.25, 0.3) is 0 Å². The highest BCUT2D eigenvalue weighted by Gasteiger charge is 2.42. The summed E-state index contributed by atoms with van der Waals surface area (Å²) in [4.78, 5) is 24.8. The first-order chi connectivity index (χ1) is 10.9. The molecule has 1 aromatic carbocycles. The summed E-state index contributed by atoms with van der Waals surface area (Å²) in [7, 11) is 0. The van der Waals surface area contributed by atoms with Crippen molar-refractivity contribution >= 4 is 17.1 Å². The van der Waals surface area contributed by atoms with Gasteiger partial charge in [0, 0.05) is 12.8 Å². The van der Waals surface area contributed by atoms with Crippen LogP contribution in [0, 0.1) is 17.7 Å². The molecule has 1 aliphatic heterocycles. The fraction of sp³-hybridized carbons (Fsp3) is 0.222. The van der Waals surface area contributed by atoms with Gasteiger partial charge in [0.15, 0.2) is 17.3 Å². The molecule has 0 bridgehead atoms. The molecule has 1 heterocycles. The molecule has 1 aromatic rings. The van der Waals surface area contributed by atoms with Gasteiger partial charge in [0.05, 0.1) is 11.5 Å². The smallest absolute Gasteiger partial charge is 0.195 e. The van der Waals surface area contributed by atoms with Crippen LogP contribution in [0.1, 0.15) is 19.4 Å². The molecule has 0 aromatic heterocycles. The lowest BCUT2D eigenvalue weighted by Crippen LogP contribution is -2.34. The highest BCUT2D eigenvalue weighted by Crippen LogP contribution is 2.42. The summed E-state index contributed by atoms with van der Waals surface area (Å²) in [6.45, 7) is 2.85. The van der Waals surface area contributed by atoms with E-state index >= 15 is 0 Å². The second-order valence-corrected chi connectivity index (χ2v) is 5.62. The summed E-state index contributed by atoms with van der Waals surface area (Å²) < 4.78 is 32.9. The first-order valence-corrected chi connectivity index (χ1v) is 7.20. The van der Waals surface area contributed by atoms with E-state index in [4.69, 9.17) is 4.74 Å². The van der Waals surface area contributed by atoms with Crippen molar-refractivity contribution in [2.75, 3.05) is 0 Å². The average molecular weight is 316 g/mol. The molecule has 0 saturated heterocycles. The minimum atomic E-state index is -0.846. The Balaban J connectivity index is 2.19. The van der Waals surface area contributed by atoms with Crippen molar-refractivity contribution in [2.24, 2.45) is 11.8 Å². The van der Waals surface area contributed by atoms with E-state index in [0.29, 0.717) is 0 Å². The fourth-order valence-corrected chi connectivity index (χ4v) is 2.88. The van der Waals surface area contributed by atoms with Crippen LogP contribution in [0.15, 0.2) is 53.8 Å². The van der Waals surface area contributed by atoms with Gasteiger partial charge in [0.2, 0.25) is 0 Å². The van der Waals surface area contributed by atoms with Crippen molar-refractivity contribution in [3.8, 4) is 0 Å². The molecule has 3 rings (SSSR count). The van der Waals surface area contributed by atoms with Gasteiger partial charge >= 0.3 is 0 Å². The molecular weight excluding hydrogens is 302 g/mol. The molecule has 0 saturated carbocycles. The summed E-state index contributed by atoms with van der Waals surface area (Å²) in [6.07, 6.45) is 2.60. The Labute approximate surface area is 131 Å². The van der Waals surface area contributed by atoms with E-state index in [1.165, 1.54) is 37.3 Å². The zero-order chi connectivity index (χ0) is 16.7. The number of carbonyl (C=O) groups excluding carboxylic acids is 2.